The summed E-state index contributed by atoms with van der Waals surface area (Å²) in [6.07, 6.45) is 0. The van der Waals surface area contributed by atoms with E-state index in [0.29, 0.717) is 27.4 Å². The first kappa shape index (κ1) is 27.4. The Morgan fingerprint density at radius 1 is 0.727 bits per heavy atom. The van der Waals surface area contributed by atoms with Crippen molar-refractivity contribution in [1.82, 2.24) is 15.2 Å². The lowest BCUT2D eigenvalue weighted by atomic mass is 9.95. The largest absolute Gasteiger partial charge is 0.339 e. The second-order valence-electron chi connectivity index (χ2n) is 10.00. The van der Waals surface area contributed by atoms with Gasteiger partial charge in [0.25, 0.3) is 0 Å². The fourth-order valence-corrected chi connectivity index (χ4v) is 6.93. The number of nitrogens with one attached hydrogen (secondary N) is 1. The molecule has 44 heavy (non-hydrogen) atoms. The summed E-state index contributed by atoms with van der Waals surface area (Å²) >= 11 is 1.45. The van der Waals surface area contributed by atoms with Crippen LogP contribution in [-0.2, 0) is 10.0 Å². The molecule has 10 heteroatoms. The van der Waals surface area contributed by atoms with E-state index in [9.17, 15) is 13.7 Å². The zero-order valence-corrected chi connectivity index (χ0v) is 24.6. The monoisotopic (exact) mass is 610 g/mol. The van der Waals surface area contributed by atoms with Gasteiger partial charge in [-0.2, -0.15) is 5.26 Å². The van der Waals surface area contributed by atoms with E-state index >= 15 is 0 Å². The van der Waals surface area contributed by atoms with Crippen molar-refractivity contribution in [1.29, 1.82) is 5.26 Å². The van der Waals surface area contributed by atoms with Crippen LogP contribution in [0, 0.1) is 11.3 Å². The van der Waals surface area contributed by atoms with Crippen molar-refractivity contribution in [2.24, 2.45) is 5.14 Å². The molecule has 3 aromatic heterocycles. The number of sulfonamides is 1. The molecule has 4 aromatic carbocycles. The second kappa shape index (κ2) is 11.0. The van der Waals surface area contributed by atoms with Gasteiger partial charge in [0.05, 0.1) is 15.1 Å². The smallest absolute Gasteiger partial charge is 0.238 e. The standard InChI is InChI=1S/C34H22N6O2S2/c35-20-26-27(21-10-4-1-5-11-21)32-31(38-33(26)37-24-16-18-25(19-17-24)44(36,41)42)29-28(22-12-6-2-7-13-22)30(39-40-34(29)43-32)23-14-8-3-9-15-23/h1-19H,(H,37,38)(H2,36,41,42). The van der Waals surface area contributed by atoms with Crippen LogP contribution in [0.4, 0.5) is 11.5 Å². The first-order valence-corrected chi connectivity index (χ1v) is 15.9. The quantitative estimate of drug-likeness (QED) is 0.199. The maximum Gasteiger partial charge on any atom is 0.238 e. The molecule has 0 bridgehead atoms. The summed E-state index contributed by atoms with van der Waals surface area (Å²) in [7, 11) is -3.86. The number of hydrogen-bond acceptors (Lipinski definition) is 8. The van der Waals surface area contributed by atoms with Crippen LogP contribution in [-0.4, -0.2) is 23.6 Å². The summed E-state index contributed by atoms with van der Waals surface area (Å²) in [5.41, 5.74) is 6.67. The second-order valence-corrected chi connectivity index (χ2v) is 12.6. The Hall–Kier alpha value is -5.47. The van der Waals surface area contributed by atoms with Gasteiger partial charge < -0.3 is 5.32 Å². The van der Waals surface area contributed by atoms with Gasteiger partial charge in [-0.25, -0.2) is 18.5 Å². The summed E-state index contributed by atoms with van der Waals surface area (Å²) in [6.45, 7) is 0. The highest BCUT2D eigenvalue weighted by molar-refractivity contribution is 7.89. The number of rotatable bonds is 6. The van der Waals surface area contributed by atoms with Gasteiger partial charge in [-0.05, 0) is 35.4 Å². The highest BCUT2D eigenvalue weighted by atomic mass is 32.2. The predicted molar refractivity (Wildman–Crippen MR) is 175 cm³/mol. The zero-order chi connectivity index (χ0) is 30.3. The van der Waals surface area contributed by atoms with Crippen molar-refractivity contribution >= 4 is 53.3 Å². The summed E-state index contributed by atoms with van der Waals surface area (Å²) in [4.78, 5) is 5.76. The summed E-state index contributed by atoms with van der Waals surface area (Å²) < 4.78 is 24.4. The van der Waals surface area contributed by atoms with Gasteiger partial charge in [0.1, 0.15) is 28.0 Å². The van der Waals surface area contributed by atoms with Gasteiger partial charge >= 0.3 is 0 Å². The van der Waals surface area contributed by atoms with E-state index in [1.807, 2.05) is 91.0 Å². The highest BCUT2D eigenvalue weighted by Gasteiger charge is 2.25. The summed E-state index contributed by atoms with van der Waals surface area (Å²) in [6, 6.07) is 38.0. The van der Waals surface area contributed by atoms with Crippen molar-refractivity contribution in [3.8, 4) is 39.6 Å². The molecule has 7 aromatic rings. The Balaban J connectivity index is 1.57. The zero-order valence-electron chi connectivity index (χ0n) is 23.0. The average molecular weight is 611 g/mol. The van der Waals surface area contributed by atoms with Gasteiger partial charge in [-0.1, -0.05) is 91.0 Å². The lowest BCUT2D eigenvalue weighted by molar-refractivity contribution is 0.598. The molecule has 0 atom stereocenters. The topological polar surface area (TPSA) is 135 Å². The number of aromatic nitrogens is 3. The molecule has 0 aliphatic carbocycles. The fourth-order valence-electron chi connectivity index (χ4n) is 5.27. The molecular weight excluding hydrogens is 589 g/mol. The van der Waals surface area contributed by atoms with Crippen molar-refractivity contribution in [2.75, 3.05) is 5.32 Å². The van der Waals surface area contributed by atoms with Crippen molar-refractivity contribution < 1.29 is 8.42 Å². The molecule has 0 fully saturated rings. The van der Waals surface area contributed by atoms with E-state index in [4.69, 9.17) is 15.2 Å². The molecule has 0 spiro atoms. The molecule has 0 unspecified atom stereocenters. The first-order valence-electron chi connectivity index (χ1n) is 13.6. The van der Waals surface area contributed by atoms with Crippen molar-refractivity contribution in [3.05, 3.63) is 121 Å². The van der Waals surface area contributed by atoms with Crippen molar-refractivity contribution in [2.45, 2.75) is 4.90 Å². The third-order valence-electron chi connectivity index (χ3n) is 7.26. The minimum absolute atomic E-state index is 0.0136. The van der Waals surface area contributed by atoms with E-state index in [-0.39, 0.29) is 4.90 Å². The molecule has 0 aliphatic heterocycles. The molecule has 3 heterocycles. The number of hydrogen-bond donors (Lipinski definition) is 2. The maximum atomic E-state index is 11.8. The Kier molecular flexibility index (Phi) is 6.83. The van der Waals surface area contributed by atoms with Crippen LogP contribution in [0.25, 0.3) is 53.9 Å². The summed E-state index contributed by atoms with van der Waals surface area (Å²) in [5, 5.41) is 29.3. The molecule has 0 saturated carbocycles. The fraction of sp³-hybridized carbons (Fsp3) is 0. The first-order chi connectivity index (χ1) is 21.4. The number of fused-ring (bicyclic) bond motifs is 3. The third-order valence-corrected chi connectivity index (χ3v) is 9.27. The van der Waals surface area contributed by atoms with Crippen LogP contribution in [0.5, 0.6) is 0 Å². The van der Waals surface area contributed by atoms with Gasteiger partial charge in [0, 0.05) is 27.8 Å². The number of nitrogens with zero attached hydrogens (tertiary/aromatic N) is 4. The third kappa shape index (κ3) is 4.85. The van der Waals surface area contributed by atoms with Crippen LogP contribution in [0.15, 0.2) is 120 Å². The lowest BCUT2D eigenvalue weighted by Gasteiger charge is -2.14. The van der Waals surface area contributed by atoms with Crippen molar-refractivity contribution in [3.63, 3.8) is 0 Å². The number of primary sulfonamides is 1. The molecule has 212 valence electrons. The molecule has 8 nitrogen and oxygen atoms in total. The van der Waals surface area contributed by atoms with Crippen LogP contribution >= 0.6 is 11.3 Å². The highest BCUT2D eigenvalue weighted by Crippen LogP contribution is 2.47. The molecule has 0 radical (unpaired) electrons. The predicted octanol–water partition coefficient (Wildman–Crippen LogP) is 7.50. The Labute approximate surface area is 257 Å². The van der Waals surface area contributed by atoms with Crippen LogP contribution in [0.1, 0.15) is 5.56 Å². The number of nitriles is 1. The Bertz CT molecular complexity index is 2320. The summed E-state index contributed by atoms with van der Waals surface area (Å²) in [5.74, 6) is 0.332. The molecule has 0 aliphatic rings. The van der Waals surface area contributed by atoms with Gasteiger partial charge in [-0.15, -0.1) is 21.5 Å². The average Bonchev–Trinajstić information content (AvgIpc) is 3.43. The number of anilines is 2. The molecule has 7 rings (SSSR count). The molecule has 0 saturated heterocycles. The van der Waals surface area contributed by atoms with Gasteiger partial charge in [0.2, 0.25) is 10.0 Å². The van der Waals surface area contributed by atoms with E-state index in [1.54, 1.807) is 12.1 Å². The number of benzene rings is 4. The number of pyridine rings is 1. The van der Waals surface area contributed by atoms with E-state index in [0.717, 1.165) is 43.6 Å². The SMILES string of the molecule is N#Cc1c(Nc2ccc(S(N)(=O)=O)cc2)nc2c(sc3nnc(-c4ccccc4)c(-c4ccccc4)c32)c1-c1ccccc1. The lowest BCUT2D eigenvalue weighted by Crippen LogP contribution is -2.11. The minimum Gasteiger partial charge on any atom is -0.339 e. The Morgan fingerprint density at radius 3 is 1.86 bits per heavy atom. The van der Waals surface area contributed by atoms with E-state index in [2.05, 4.69) is 16.5 Å². The molecule has 3 N–H and O–H groups in total. The normalized spacial score (nSPS) is 11.5. The number of thiophene rings is 1. The van der Waals surface area contributed by atoms with E-state index in [1.165, 1.54) is 23.5 Å². The Morgan fingerprint density at radius 2 is 1.30 bits per heavy atom. The molecular formula is C34H22N6O2S2. The van der Waals surface area contributed by atoms with E-state index < -0.39 is 10.0 Å². The van der Waals surface area contributed by atoms with Gasteiger partial charge in [0.15, 0.2) is 0 Å². The van der Waals surface area contributed by atoms with Crippen LogP contribution < -0.4 is 10.5 Å². The minimum atomic E-state index is -3.86. The van der Waals surface area contributed by atoms with Crippen LogP contribution in [0.2, 0.25) is 0 Å². The molecule has 0 amide bonds. The maximum absolute atomic E-state index is 11.8. The van der Waals surface area contributed by atoms with Crippen LogP contribution in [0.3, 0.4) is 0 Å². The number of nitrogens with two attached hydrogens (primary N) is 1. The van der Waals surface area contributed by atoms with Gasteiger partial charge in [-0.3, -0.25) is 0 Å².